The topological polar surface area (TPSA) is 17.1 Å². The fourth-order valence-electron chi connectivity index (χ4n) is 0.340. The first-order valence-electron chi connectivity index (χ1n) is 2.21. The van der Waals surface area contributed by atoms with Crippen LogP contribution in [-0.2, 0) is 21.9 Å². The van der Waals surface area contributed by atoms with Crippen molar-refractivity contribution in [2.75, 3.05) is 0 Å². The standard InChI is InChI=1S/C5H5.C2HO.Mn/c1-2-4-5-3-1;1-2-3;/h1-3H,4H2;1H;/q2*-1;+2. The van der Waals surface area contributed by atoms with Gasteiger partial charge in [-0.2, -0.15) is 6.08 Å². The van der Waals surface area contributed by atoms with Gasteiger partial charge in [-0.1, -0.05) is 5.94 Å². The molecular formula is C7H6MnO. The first-order chi connectivity index (χ1) is 3.91. The molecular weight excluding hydrogens is 155 g/mol. The van der Waals surface area contributed by atoms with Crippen LogP contribution in [0.2, 0.25) is 0 Å². The van der Waals surface area contributed by atoms with Crippen molar-refractivity contribution in [3.63, 3.8) is 0 Å². The van der Waals surface area contributed by atoms with Gasteiger partial charge in [-0.3, -0.25) is 10.9 Å². The maximum Gasteiger partial charge on any atom is 2.00 e. The van der Waals surface area contributed by atoms with E-state index >= 15 is 0 Å². The summed E-state index contributed by atoms with van der Waals surface area (Å²) in [4.78, 5) is 8.46. The fourth-order valence-corrected chi connectivity index (χ4v) is 0.340. The van der Waals surface area contributed by atoms with Crippen LogP contribution < -0.4 is 0 Å². The molecule has 1 aliphatic carbocycles. The molecule has 0 amide bonds. The second kappa shape index (κ2) is 10.4. The Labute approximate surface area is 65.6 Å². The molecule has 47 valence electrons. The molecule has 0 saturated heterocycles. The molecule has 0 heterocycles. The zero-order valence-corrected chi connectivity index (χ0v) is 5.98. The zero-order chi connectivity index (χ0) is 6.24. The molecule has 0 saturated carbocycles. The summed E-state index contributed by atoms with van der Waals surface area (Å²) >= 11 is 0. The normalized spacial score (nSPS) is 10.7. The minimum absolute atomic E-state index is 0. The van der Waals surface area contributed by atoms with E-state index in [2.05, 4.69) is 18.7 Å². The van der Waals surface area contributed by atoms with Crippen LogP contribution in [0.4, 0.5) is 0 Å². The molecule has 0 atom stereocenters. The third kappa shape index (κ3) is 11.2. The number of rotatable bonds is 0. The van der Waals surface area contributed by atoms with E-state index in [0.29, 0.717) is 0 Å². The first kappa shape index (κ1) is 11.3. The largest absolute Gasteiger partial charge is 2.00 e. The molecule has 0 N–H and O–H groups in total. The Morgan fingerprint density at radius 3 is 2.33 bits per heavy atom. The Morgan fingerprint density at radius 2 is 2.22 bits per heavy atom. The van der Waals surface area contributed by atoms with Gasteiger partial charge in [0, 0.05) is 0 Å². The number of hydrogen-bond donors (Lipinski definition) is 0. The van der Waals surface area contributed by atoms with Crippen molar-refractivity contribution in [3.05, 3.63) is 30.9 Å². The van der Waals surface area contributed by atoms with Gasteiger partial charge in [0.25, 0.3) is 0 Å². The van der Waals surface area contributed by atoms with E-state index in [4.69, 9.17) is 4.79 Å². The Bertz CT molecular complexity index is 120. The average Bonchev–Trinajstić information content (AvgIpc) is 2.17. The minimum atomic E-state index is 0. The van der Waals surface area contributed by atoms with Crippen molar-refractivity contribution >= 4 is 5.94 Å². The fraction of sp³-hybridized carbons (Fsp3) is 0.143. The van der Waals surface area contributed by atoms with Crippen molar-refractivity contribution in [1.29, 1.82) is 0 Å². The van der Waals surface area contributed by atoms with Crippen LogP contribution in [0.1, 0.15) is 6.42 Å². The molecule has 0 bridgehead atoms. The van der Waals surface area contributed by atoms with Crippen LogP contribution in [0.15, 0.2) is 18.2 Å². The molecule has 9 heavy (non-hydrogen) atoms. The van der Waals surface area contributed by atoms with E-state index in [9.17, 15) is 0 Å². The zero-order valence-electron chi connectivity index (χ0n) is 4.80. The van der Waals surface area contributed by atoms with Gasteiger partial charge in [0.15, 0.2) is 0 Å². The Morgan fingerprint density at radius 1 is 1.67 bits per heavy atom. The van der Waals surface area contributed by atoms with Gasteiger partial charge in [0.05, 0.1) is 0 Å². The molecule has 0 spiro atoms. The summed E-state index contributed by atoms with van der Waals surface area (Å²) in [5, 5.41) is 0. The van der Waals surface area contributed by atoms with Gasteiger partial charge in [0.2, 0.25) is 0 Å². The Balaban J connectivity index is 0. The summed E-state index contributed by atoms with van der Waals surface area (Å²) in [5.74, 6) is 1.00. The minimum Gasteiger partial charge on any atom is -0.420 e. The predicted molar refractivity (Wildman–Crippen MR) is 31.6 cm³/mol. The van der Waals surface area contributed by atoms with E-state index in [1.165, 1.54) is 0 Å². The maximum atomic E-state index is 8.46. The third-order valence-electron chi connectivity index (χ3n) is 0.586. The van der Waals surface area contributed by atoms with E-state index in [1.54, 1.807) is 0 Å². The van der Waals surface area contributed by atoms with Crippen molar-refractivity contribution in [1.82, 2.24) is 0 Å². The molecule has 1 radical (unpaired) electrons. The number of allylic oxidation sites excluding steroid dienone is 4. The monoisotopic (exact) mass is 161 g/mol. The SMILES string of the molecule is [C-]1=CC=CC1.[CH-]=C=O.[Mn+2]. The smallest absolute Gasteiger partial charge is 0.420 e. The van der Waals surface area contributed by atoms with Gasteiger partial charge in [-0.25, -0.2) is 12.2 Å². The van der Waals surface area contributed by atoms with Gasteiger partial charge in [-0.15, -0.1) is 6.42 Å². The summed E-state index contributed by atoms with van der Waals surface area (Å²) in [6.45, 7) is 4.04. The molecule has 0 aromatic heterocycles. The second-order valence-corrected chi connectivity index (χ2v) is 1.12. The van der Waals surface area contributed by atoms with Crippen LogP contribution in [0, 0.1) is 12.7 Å². The summed E-state index contributed by atoms with van der Waals surface area (Å²) in [7, 11) is 0. The number of carbonyl (C=O) groups excluding carboxylic acids is 1. The molecule has 1 nitrogen and oxygen atoms in total. The molecule has 0 fully saturated rings. The molecule has 0 aromatic rings. The first-order valence-corrected chi connectivity index (χ1v) is 2.21. The number of hydrogen-bond acceptors (Lipinski definition) is 1. The Hall–Kier alpha value is -0.551. The van der Waals surface area contributed by atoms with Crippen LogP contribution in [-0.4, -0.2) is 5.94 Å². The quantitative estimate of drug-likeness (QED) is 0.295. The average molecular weight is 161 g/mol. The molecule has 0 unspecified atom stereocenters. The van der Waals surface area contributed by atoms with Crippen molar-refractivity contribution < 1.29 is 21.9 Å². The van der Waals surface area contributed by atoms with E-state index in [-0.39, 0.29) is 17.1 Å². The van der Waals surface area contributed by atoms with E-state index in [0.717, 1.165) is 12.4 Å². The van der Waals surface area contributed by atoms with Gasteiger partial charge in [-0.05, 0) is 0 Å². The summed E-state index contributed by atoms with van der Waals surface area (Å²) in [5.41, 5.74) is 0. The van der Waals surface area contributed by atoms with Gasteiger partial charge >= 0.3 is 17.1 Å². The van der Waals surface area contributed by atoms with Gasteiger partial charge < -0.3 is 6.58 Å². The maximum absolute atomic E-state index is 8.46. The molecule has 0 aliphatic heterocycles. The predicted octanol–water partition coefficient (Wildman–Crippen LogP) is 1.11. The van der Waals surface area contributed by atoms with Crippen LogP contribution in [0.3, 0.4) is 0 Å². The van der Waals surface area contributed by atoms with Crippen LogP contribution >= 0.6 is 0 Å². The summed E-state index contributed by atoms with van der Waals surface area (Å²) in [6, 6.07) is 0. The Kier molecular flexibility index (Phi) is 13.1. The molecule has 2 heteroatoms. The molecule has 1 aliphatic rings. The molecule has 1 rings (SSSR count). The van der Waals surface area contributed by atoms with Crippen molar-refractivity contribution in [3.8, 4) is 0 Å². The summed E-state index contributed by atoms with van der Waals surface area (Å²) < 4.78 is 0. The van der Waals surface area contributed by atoms with E-state index < -0.39 is 0 Å². The van der Waals surface area contributed by atoms with Crippen molar-refractivity contribution in [2.24, 2.45) is 0 Å². The van der Waals surface area contributed by atoms with E-state index in [1.807, 2.05) is 12.2 Å². The van der Waals surface area contributed by atoms with Crippen molar-refractivity contribution in [2.45, 2.75) is 6.42 Å². The third-order valence-corrected chi connectivity index (χ3v) is 0.586. The van der Waals surface area contributed by atoms with Gasteiger partial charge in [0.1, 0.15) is 0 Å². The van der Waals surface area contributed by atoms with Crippen LogP contribution in [0.25, 0.3) is 0 Å². The summed E-state index contributed by atoms with van der Waals surface area (Å²) in [6.07, 6.45) is 10.0. The molecule has 0 aromatic carbocycles. The second-order valence-electron chi connectivity index (χ2n) is 1.12. The van der Waals surface area contributed by atoms with Crippen LogP contribution in [0.5, 0.6) is 0 Å².